The molecule has 0 aliphatic heterocycles. The summed E-state index contributed by atoms with van der Waals surface area (Å²) in [6.45, 7) is 0. The molecule has 0 saturated carbocycles. The van der Waals surface area contributed by atoms with Gasteiger partial charge in [-0.1, -0.05) is 15.9 Å². The van der Waals surface area contributed by atoms with E-state index in [9.17, 15) is 9.50 Å². The van der Waals surface area contributed by atoms with Gasteiger partial charge in [-0.3, -0.25) is 0 Å². The van der Waals surface area contributed by atoms with Gasteiger partial charge in [0.05, 0.1) is 16.6 Å². The van der Waals surface area contributed by atoms with Crippen molar-refractivity contribution in [3.05, 3.63) is 46.7 Å². The molecule has 0 amide bonds. The normalized spacial score (nSPS) is 11.0. The van der Waals surface area contributed by atoms with E-state index >= 15 is 0 Å². The molecule has 0 bridgehead atoms. The fourth-order valence-electron chi connectivity index (χ4n) is 1.81. The summed E-state index contributed by atoms with van der Waals surface area (Å²) in [5.74, 6) is 0.238. The van der Waals surface area contributed by atoms with Crippen LogP contribution >= 0.6 is 15.9 Å². The Labute approximate surface area is 110 Å². The van der Waals surface area contributed by atoms with Crippen LogP contribution in [0.3, 0.4) is 0 Å². The van der Waals surface area contributed by atoms with Crippen LogP contribution in [0.15, 0.2) is 40.9 Å². The molecule has 0 aliphatic carbocycles. The van der Waals surface area contributed by atoms with Crippen LogP contribution in [0.5, 0.6) is 5.75 Å². The van der Waals surface area contributed by atoms with E-state index in [1.54, 1.807) is 30.3 Å². The lowest BCUT2D eigenvalue weighted by Crippen LogP contribution is -1.86. The molecule has 3 aromatic rings. The fourth-order valence-corrected chi connectivity index (χ4v) is 2.14. The highest BCUT2D eigenvalue weighted by molar-refractivity contribution is 9.10. The van der Waals surface area contributed by atoms with Crippen molar-refractivity contribution in [3.63, 3.8) is 0 Å². The van der Waals surface area contributed by atoms with Gasteiger partial charge in [-0.15, -0.1) is 0 Å². The van der Waals surface area contributed by atoms with Gasteiger partial charge in [0.15, 0.2) is 0 Å². The van der Waals surface area contributed by atoms with Crippen LogP contribution in [0.4, 0.5) is 4.39 Å². The predicted octanol–water partition coefficient (Wildman–Crippen LogP) is 3.84. The number of hydrogen-bond acceptors (Lipinski definition) is 2. The van der Waals surface area contributed by atoms with E-state index in [1.165, 1.54) is 6.07 Å². The van der Waals surface area contributed by atoms with Crippen LogP contribution in [0.25, 0.3) is 22.4 Å². The molecule has 2 aromatic carbocycles. The van der Waals surface area contributed by atoms with Crippen LogP contribution in [0.1, 0.15) is 0 Å². The quantitative estimate of drug-likeness (QED) is 0.717. The summed E-state index contributed by atoms with van der Waals surface area (Å²) in [5, 5.41) is 9.37. The summed E-state index contributed by atoms with van der Waals surface area (Å²) >= 11 is 3.21. The number of halogens is 2. The highest BCUT2D eigenvalue weighted by Crippen LogP contribution is 2.26. The second kappa shape index (κ2) is 4.10. The number of hydrogen-bond donors (Lipinski definition) is 2. The number of phenolic OH excluding ortho intramolecular Hbond substituents is 1. The van der Waals surface area contributed by atoms with Crippen LogP contribution in [-0.4, -0.2) is 15.1 Å². The number of aromatic nitrogens is 2. The van der Waals surface area contributed by atoms with Gasteiger partial charge in [0.2, 0.25) is 0 Å². The third-order valence-electron chi connectivity index (χ3n) is 2.65. The van der Waals surface area contributed by atoms with E-state index in [0.717, 1.165) is 0 Å². The maximum atomic E-state index is 13.8. The maximum absolute atomic E-state index is 13.8. The highest BCUT2D eigenvalue weighted by Gasteiger charge is 2.10. The van der Waals surface area contributed by atoms with Crippen molar-refractivity contribution < 1.29 is 9.50 Å². The molecule has 0 saturated heterocycles. The average Bonchev–Trinajstić information content (AvgIpc) is 2.71. The Hall–Kier alpha value is -1.88. The van der Waals surface area contributed by atoms with Crippen molar-refractivity contribution in [2.45, 2.75) is 0 Å². The number of aromatic hydroxyl groups is 1. The Kier molecular flexibility index (Phi) is 2.56. The first-order valence-corrected chi connectivity index (χ1v) is 6.07. The van der Waals surface area contributed by atoms with E-state index in [2.05, 4.69) is 25.9 Å². The maximum Gasteiger partial charge on any atom is 0.141 e. The minimum absolute atomic E-state index is 0.147. The van der Waals surface area contributed by atoms with Crippen LogP contribution in [-0.2, 0) is 0 Å². The van der Waals surface area contributed by atoms with Crippen molar-refractivity contribution >= 4 is 27.0 Å². The zero-order valence-corrected chi connectivity index (χ0v) is 10.7. The number of imidazole rings is 1. The van der Waals surface area contributed by atoms with Gasteiger partial charge in [0.1, 0.15) is 17.4 Å². The molecule has 18 heavy (non-hydrogen) atoms. The molecule has 2 N–H and O–H groups in total. The van der Waals surface area contributed by atoms with E-state index < -0.39 is 0 Å². The third kappa shape index (κ3) is 1.86. The van der Waals surface area contributed by atoms with Crippen LogP contribution in [0.2, 0.25) is 0 Å². The SMILES string of the molecule is Oc1ccc2nc(-c3ccc(Br)cc3F)[nH]c2c1. The lowest BCUT2D eigenvalue weighted by atomic mass is 10.2. The third-order valence-corrected chi connectivity index (χ3v) is 3.14. The van der Waals surface area contributed by atoms with Crippen molar-refractivity contribution in [2.24, 2.45) is 0 Å². The lowest BCUT2D eigenvalue weighted by Gasteiger charge is -1.99. The molecule has 1 aromatic heterocycles. The van der Waals surface area contributed by atoms with Gasteiger partial charge in [0.25, 0.3) is 0 Å². The molecule has 0 aliphatic rings. The largest absolute Gasteiger partial charge is 0.508 e. The zero-order valence-electron chi connectivity index (χ0n) is 9.11. The van der Waals surface area contributed by atoms with Crippen molar-refractivity contribution in [3.8, 4) is 17.1 Å². The molecular formula is C13H8BrFN2O. The molecule has 0 fully saturated rings. The molecule has 90 valence electrons. The average molecular weight is 307 g/mol. The molecule has 5 heteroatoms. The van der Waals surface area contributed by atoms with Gasteiger partial charge < -0.3 is 10.1 Å². The Bertz CT molecular complexity index is 739. The number of rotatable bonds is 1. The Morgan fingerprint density at radius 2 is 2.00 bits per heavy atom. The highest BCUT2D eigenvalue weighted by atomic mass is 79.9. The van der Waals surface area contributed by atoms with Crippen LogP contribution in [0, 0.1) is 5.82 Å². The Morgan fingerprint density at radius 1 is 1.17 bits per heavy atom. The van der Waals surface area contributed by atoms with E-state index in [1.807, 2.05) is 0 Å². The van der Waals surface area contributed by atoms with Crippen LogP contribution < -0.4 is 0 Å². The summed E-state index contributed by atoms with van der Waals surface area (Å²) in [4.78, 5) is 7.28. The molecule has 0 spiro atoms. The number of benzene rings is 2. The monoisotopic (exact) mass is 306 g/mol. The first-order chi connectivity index (χ1) is 8.63. The predicted molar refractivity (Wildman–Crippen MR) is 70.9 cm³/mol. The number of H-pyrrole nitrogens is 1. The smallest absolute Gasteiger partial charge is 0.141 e. The summed E-state index contributed by atoms with van der Waals surface area (Å²) in [6, 6.07) is 9.58. The molecule has 3 nitrogen and oxygen atoms in total. The molecule has 0 radical (unpaired) electrons. The minimum Gasteiger partial charge on any atom is -0.508 e. The summed E-state index contributed by atoms with van der Waals surface area (Å²) in [5.41, 5.74) is 1.76. The first-order valence-electron chi connectivity index (χ1n) is 5.27. The van der Waals surface area contributed by atoms with Crippen molar-refractivity contribution in [1.29, 1.82) is 0 Å². The second-order valence-corrected chi connectivity index (χ2v) is 4.83. The molecule has 0 unspecified atom stereocenters. The fraction of sp³-hybridized carbons (Fsp3) is 0. The summed E-state index contributed by atoms with van der Waals surface area (Å²) in [6.07, 6.45) is 0. The molecule has 1 heterocycles. The second-order valence-electron chi connectivity index (χ2n) is 3.91. The van der Waals surface area contributed by atoms with Gasteiger partial charge in [0, 0.05) is 10.5 Å². The Balaban J connectivity index is 2.19. The van der Waals surface area contributed by atoms with Crippen molar-refractivity contribution in [1.82, 2.24) is 9.97 Å². The standard InChI is InChI=1S/C13H8BrFN2O/c14-7-1-3-9(10(15)5-7)13-16-11-4-2-8(18)6-12(11)17-13/h1-6,18H,(H,16,17). The first kappa shape index (κ1) is 11.2. The zero-order chi connectivity index (χ0) is 12.7. The van der Waals surface area contributed by atoms with Gasteiger partial charge >= 0.3 is 0 Å². The molecular weight excluding hydrogens is 299 g/mol. The molecule has 3 rings (SSSR count). The number of aromatic amines is 1. The van der Waals surface area contributed by atoms with Gasteiger partial charge in [-0.2, -0.15) is 0 Å². The summed E-state index contributed by atoms with van der Waals surface area (Å²) < 4.78 is 14.5. The number of nitrogens with zero attached hydrogens (tertiary/aromatic N) is 1. The number of nitrogens with one attached hydrogen (secondary N) is 1. The molecule has 0 atom stereocenters. The number of fused-ring (bicyclic) bond motifs is 1. The van der Waals surface area contributed by atoms with Gasteiger partial charge in [-0.25, -0.2) is 9.37 Å². The topological polar surface area (TPSA) is 48.9 Å². The van der Waals surface area contributed by atoms with E-state index in [4.69, 9.17) is 0 Å². The van der Waals surface area contributed by atoms with E-state index in [0.29, 0.717) is 26.9 Å². The minimum atomic E-state index is -0.354. The van der Waals surface area contributed by atoms with E-state index in [-0.39, 0.29) is 11.6 Å². The summed E-state index contributed by atoms with van der Waals surface area (Å²) in [7, 11) is 0. The Morgan fingerprint density at radius 3 is 2.78 bits per heavy atom. The van der Waals surface area contributed by atoms with Gasteiger partial charge in [-0.05, 0) is 30.3 Å². The number of phenols is 1. The lowest BCUT2D eigenvalue weighted by molar-refractivity contribution is 0.476. The van der Waals surface area contributed by atoms with Crippen molar-refractivity contribution in [2.75, 3.05) is 0 Å².